The first-order valence-corrected chi connectivity index (χ1v) is 5.41. The van der Waals surface area contributed by atoms with E-state index in [0.717, 1.165) is 18.4 Å². The number of hydrogen-bond donors (Lipinski definition) is 1. The van der Waals surface area contributed by atoms with E-state index in [1.807, 2.05) is 37.3 Å². The lowest BCUT2D eigenvalue weighted by Gasteiger charge is -2.28. The first kappa shape index (κ1) is 10.4. The van der Waals surface area contributed by atoms with Crippen molar-refractivity contribution in [1.82, 2.24) is 0 Å². The summed E-state index contributed by atoms with van der Waals surface area (Å²) in [5.74, 6) is 0.193. The van der Waals surface area contributed by atoms with Crippen LogP contribution in [0.1, 0.15) is 37.9 Å². The highest BCUT2D eigenvalue weighted by Gasteiger charge is 2.43. The Labute approximate surface area is 89.9 Å². The monoisotopic (exact) mass is 204 g/mol. The van der Waals surface area contributed by atoms with Crippen LogP contribution >= 0.6 is 0 Å². The first-order chi connectivity index (χ1) is 7.14. The Balaban J connectivity index is 2.28. The lowest BCUT2D eigenvalue weighted by molar-refractivity contribution is -0.131. The van der Waals surface area contributed by atoms with Gasteiger partial charge < -0.3 is 5.11 Å². The zero-order chi connectivity index (χ0) is 10.9. The minimum atomic E-state index is -0.659. The highest BCUT2D eigenvalue weighted by Crippen LogP contribution is 2.44. The summed E-state index contributed by atoms with van der Waals surface area (Å²) in [5.41, 5.74) is 0.275. The molecule has 0 amide bonds. The molecule has 0 aliphatic heterocycles. The number of benzene rings is 1. The molecule has 0 radical (unpaired) electrons. The summed E-state index contributed by atoms with van der Waals surface area (Å²) in [6, 6.07) is 9.45. The standard InChI is InChI=1S/C13H16O2/c1-13(9-5-8-11(13)14)12(15)10-6-3-2-4-7-10/h2-4,6-7,12,15H,5,8-9H2,1H3/t12-,13+/m0/s1. The third-order valence-corrected chi connectivity index (χ3v) is 3.46. The lowest BCUT2D eigenvalue weighted by Crippen LogP contribution is -2.29. The van der Waals surface area contributed by atoms with Crippen LogP contribution in [0.5, 0.6) is 0 Å². The third-order valence-electron chi connectivity index (χ3n) is 3.46. The maximum Gasteiger partial charge on any atom is 0.141 e. The van der Waals surface area contributed by atoms with Crippen LogP contribution in [0.15, 0.2) is 30.3 Å². The van der Waals surface area contributed by atoms with Crippen molar-refractivity contribution in [2.75, 3.05) is 0 Å². The Kier molecular flexibility index (Phi) is 2.61. The Hall–Kier alpha value is -1.15. The Morgan fingerprint density at radius 2 is 2.00 bits per heavy atom. The van der Waals surface area contributed by atoms with Crippen molar-refractivity contribution in [3.63, 3.8) is 0 Å². The molecule has 2 atom stereocenters. The van der Waals surface area contributed by atoms with Crippen molar-refractivity contribution < 1.29 is 9.90 Å². The summed E-state index contributed by atoms with van der Waals surface area (Å²) >= 11 is 0. The topological polar surface area (TPSA) is 37.3 Å². The van der Waals surface area contributed by atoms with E-state index in [2.05, 4.69) is 0 Å². The second-order valence-corrected chi connectivity index (χ2v) is 4.51. The fourth-order valence-corrected chi connectivity index (χ4v) is 2.33. The number of ketones is 1. The highest BCUT2D eigenvalue weighted by molar-refractivity contribution is 5.87. The van der Waals surface area contributed by atoms with Gasteiger partial charge in [0, 0.05) is 6.42 Å². The summed E-state index contributed by atoms with van der Waals surface area (Å²) < 4.78 is 0. The van der Waals surface area contributed by atoms with Gasteiger partial charge >= 0.3 is 0 Å². The molecule has 1 fully saturated rings. The van der Waals surface area contributed by atoms with E-state index < -0.39 is 11.5 Å². The summed E-state index contributed by atoms with van der Waals surface area (Å²) in [5, 5.41) is 10.2. The number of hydrogen-bond acceptors (Lipinski definition) is 2. The Morgan fingerprint density at radius 3 is 2.53 bits per heavy atom. The van der Waals surface area contributed by atoms with Crippen LogP contribution in [-0.4, -0.2) is 10.9 Å². The van der Waals surface area contributed by atoms with Crippen LogP contribution in [0.25, 0.3) is 0 Å². The summed E-state index contributed by atoms with van der Waals surface area (Å²) in [6.45, 7) is 1.88. The molecule has 0 aromatic heterocycles. The minimum Gasteiger partial charge on any atom is -0.387 e. The van der Waals surface area contributed by atoms with Crippen LogP contribution in [0.3, 0.4) is 0 Å². The van der Waals surface area contributed by atoms with Gasteiger partial charge in [0.25, 0.3) is 0 Å². The van der Waals surface area contributed by atoms with Crippen molar-refractivity contribution in [2.45, 2.75) is 32.3 Å². The number of aliphatic hydroxyl groups excluding tert-OH is 1. The van der Waals surface area contributed by atoms with Crippen LogP contribution < -0.4 is 0 Å². The van der Waals surface area contributed by atoms with Gasteiger partial charge in [-0.1, -0.05) is 30.3 Å². The molecule has 2 heteroatoms. The molecule has 15 heavy (non-hydrogen) atoms. The molecular weight excluding hydrogens is 188 g/mol. The van der Waals surface area contributed by atoms with E-state index in [1.165, 1.54) is 0 Å². The average molecular weight is 204 g/mol. The molecule has 0 unspecified atom stereocenters. The second kappa shape index (κ2) is 3.78. The van der Waals surface area contributed by atoms with Crippen LogP contribution in [0.2, 0.25) is 0 Å². The molecular formula is C13H16O2. The molecule has 1 aliphatic carbocycles. The quantitative estimate of drug-likeness (QED) is 0.803. The van der Waals surface area contributed by atoms with Crippen molar-refractivity contribution in [1.29, 1.82) is 0 Å². The summed E-state index contributed by atoms with van der Waals surface area (Å²) in [4.78, 5) is 11.8. The van der Waals surface area contributed by atoms with Crippen LogP contribution in [-0.2, 0) is 4.79 Å². The van der Waals surface area contributed by atoms with Crippen LogP contribution in [0.4, 0.5) is 0 Å². The van der Waals surface area contributed by atoms with Crippen molar-refractivity contribution in [3.05, 3.63) is 35.9 Å². The van der Waals surface area contributed by atoms with E-state index in [1.54, 1.807) is 0 Å². The fraction of sp³-hybridized carbons (Fsp3) is 0.462. The SMILES string of the molecule is C[C@@]1([C@@H](O)c2ccccc2)CCCC1=O. The van der Waals surface area contributed by atoms with Gasteiger partial charge in [0.05, 0.1) is 11.5 Å². The first-order valence-electron chi connectivity index (χ1n) is 5.41. The zero-order valence-corrected chi connectivity index (χ0v) is 8.94. The predicted molar refractivity (Wildman–Crippen MR) is 58.4 cm³/mol. The van der Waals surface area contributed by atoms with Crippen LogP contribution in [0, 0.1) is 5.41 Å². The van der Waals surface area contributed by atoms with E-state index in [-0.39, 0.29) is 5.78 Å². The molecule has 1 N–H and O–H groups in total. The Morgan fingerprint density at radius 1 is 1.33 bits per heavy atom. The number of carbonyl (C=O) groups excluding carboxylic acids is 1. The molecule has 2 rings (SSSR count). The highest BCUT2D eigenvalue weighted by atomic mass is 16.3. The van der Waals surface area contributed by atoms with E-state index in [4.69, 9.17) is 0 Å². The van der Waals surface area contributed by atoms with Crippen molar-refractivity contribution >= 4 is 5.78 Å². The third kappa shape index (κ3) is 1.70. The number of aliphatic hydroxyl groups is 1. The van der Waals surface area contributed by atoms with E-state index in [0.29, 0.717) is 6.42 Å². The summed E-state index contributed by atoms with van der Waals surface area (Å²) in [7, 11) is 0. The fourth-order valence-electron chi connectivity index (χ4n) is 2.33. The predicted octanol–water partition coefficient (Wildman–Crippen LogP) is 2.48. The van der Waals surface area contributed by atoms with Gasteiger partial charge in [-0.25, -0.2) is 0 Å². The van der Waals surface area contributed by atoms with Gasteiger partial charge in [-0.15, -0.1) is 0 Å². The molecule has 0 spiro atoms. The molecule has 1 aliphatic rings. The normalized spacial score (nSPS) is 28.0. The molecule has 2 nitrogen and oxygen atoms in total. The lowest BCUT2D eigenvalue weighted by atomic mass is 9.78. The molecule has 1 aromatic carbocycles. The average Bonchev–Trinajstić information content (AvgIpc) is 2.61. The maximum atomic E-state index is 11.8. The Bertz CT molecular complexity index is 358. The smallest absolute Gasteiger partial charge is 0.141 e. The number of Topliss-reactive ketones (excluding diaryl/α,β-unsaturated/α-hetero) is 1. The van der Waals surface area contributed by atoms with Gasteiger partial charge in [0.2, 0.25) is 0 Å². The second-order valence-electron chi connectivity index (χ2n) is 4.51. The van der Waals surface area contributed by atoms with Crippen molar-refractivity contribution in [2.24, 2.45) is 5.41 Å². The van der Waals surface area contributed by atoms with Gasteiger partial charge in [0.15, 0.2) is 0 Å². The molecule has 0 bridgehead atoms. The van der Waals surface area contributed by atoms with Gasteiger partial charge in [-0.05, 0) is 25.3 Å². The maximum absolute atomic E-state index is 11.8. The number of carbonyl (C=O) groups is 1. The number of rotatable bonds is 2. The van der Waals surface area contributed by atoms with Gasteiger partial charge in [0.1, 0.15) is 5.78 Å². The summed E-state index contributed by atoms with van der Waals surface area (Å²) in [6.07, 6.45) is 1.65. The molecule has 0 heterocycles. The van der Waals surface area contributed by atoms with E-state index in [9.17, 15) is 9.90 Å². The minimum absolute atomic E-state index is 0.193. The molecule has 80 valence electrons. The van der Waals surface area contributed by atoms with Gasteiger partial charge in [-0.3, -0.25) is 4.79 Å². The largest absolute Gasteiger partial charge is 0.387 e. The zero-order valence-electron chi connectivity index (χ0n) is 8.94. The molecule has 1 aromatic rings. The molecule has 1 saturated carbocycles. The van der Waals surface area contributed by atoms with Gasteiger partial charge in [-0.2, -0.15) is 0 Å². The van der Waals surface area contributed by atoms with E-state index >= 15 is 0 Å². The molecule has 0 saturated heterocycles. The van der Waals surface area contributed by atoms with Crippen molar-refractivity contribution in [3.8, 4) is 0 Å².